The lowest BCUT2D eigenvalue weighted by molar-refractivity contribution is -0.138. The number of carboxylic acids is 1. The molecule has 1 aliphatic rings. The van der Waals surface area contributed by atoms with Gasteiger partial charge in [0.2, 0.25) is 0 Å². The van der Waals surface area contributed by atoms with Gasteiger partial charge in [-0.1, -0.05) is 30.3 Å². The third-order valence-electron chi connectivity index (χ3n) is 8.43. The quantitative estimate of drug-likeness (QED) is 0.0816. The van der Waals surface area contributed by atoms with E-state index in [9.17, 15) is 9.90 Å². The average Bonchev–Trinajstić information content (AvgIpc) is 3.14. The van der Waals surface area contributed by atoms with Gasteiger partial charge in [-0.3, -0.25) is 0 Å². The number of fused-ring (bicyclic) bond motifs is 2. The number of rotatable bonds is 28. The van der Waals surface area contributed by atoms with Crippen molar-refractivity contribution >= 4 is 28.4 Å². The molecule has 0 saturated carbocycles. The molecule has 3 aromatic rings. The smallest absolute Gasteiger partial charge is 0.326 e. The summed E-state index contributed by atoms with van der Waals surface area (Å²) in [5.41, 5.74) is 7.78. The normalized spacial score (nSPS) is 13.3. The SMILES string of the molecule is NCCOCCOCCOCCOCCOCCN(CCCCc1ccc2c(n1)NCCC2)CCC(Nc1nccc2ccccc12)C(=O)O. The number of nitrogens with two attached hydrogens (primary N) is 1. The van der Waals surface area contributed by atoms with Crippen molar-refractivity contribution in [2.24, 2.45) is 5.73 Å². The van der Waals surface area contributed by atoms with Gasteiger partial charge in [-0.25, -0.2) is 14.8 Å². The minimum absolute atomic E-state index is 0.425. The maximum Gasteiger partial charge on any atom is 0.326 e. The summed E-state index contributed by atoms with van der Waals surface area (Å²) in [6, 6.07) is 13.3. The molecule has 1 unspecified atom stereocenters. The Morgan fingerprint density at radius 2 is 1.56 bits per heavy atom. The van der Waals surface area contributed by atoms with E-state index >= 15 is 0 Å². The minimum atomic E-state index is -0.899. The van der Waals surface area contributed by atoms with Crippen LogP contribution in [0.4, 0.5) is 11.6 Å². The average molecular weight is 697 g/mol. The molecular formula is C37H56N6O7. The Morgan fingerprint density at radius 1 is 0.860 bits per heavy atom. The Bertz CT molecular complexity index is 1380. The van der Waals surface area contributed by atoms with Gasteiger partial charge in [-0.05, 0) is 68.2 Å². The van der Waals surface area contributed by atoms with E-state index in [0.29, 0.717) is 97.9 Å². The highest BCUT2D eigenvalue weighted by molar-refractivity contribution is 5.93. The lowest BCUT2D eigenvalue weighted by Crippen LogP contribution is -2.37. The van der Waals surface area contributed by atoms with Gasteiger partial charge in [-0.15, -0.1) is 0 Å². The topological polar surface area (TPSA) is 163 Å². The molecule has 3 heterocycles. The van der Waals surface area contributed by atoms with E-state index in [0.717, 1.165) is 67.5 Å². The van der Waals surface area contributed by atoms with Crippen molar-refractivity contribution in [1.29, 1.82) is 0 Å². The number of nitrogens with zero attached hydrogens (tertiary/aromatic N) is 3. The van der Waals surface area contributed by atoms with Gasteiger partial charge in [-0.2, -0.15) is 0 Å². The van der Waals surface area contributed by atoms with Crippen LogP contribution in [-0.2, 0) is 41.3 Å². The first kappa shape index (κ1) is 39.4. The molecule has 2 aromatic heterocycles. The Labute approximate surface area is 296 Å². The molecule has 0 radical (unpaired) electrons. The first-order valence-electron chi connectivity index (χ1n) is 18.0. The fraction of sp³-hybridized carbons (Fsp3) is 0.595. The molecule has 276 valence electrons. The second kappa shape index (κ2) is 23.9. The summed E-state index contributed by atoms with van der Waals surface area (Å²) in [5.74, 6) is 0.715. The van der Waals surface area contributed by atoms with Crippen LogP contribution in [-0.4, -0.2) is 131 Å². The van der Waals surface area contributed by atoms with Crippen molar-refractivity contribution in [3.8, 4) is 0 Å². The molecule has 50 heavy (non-hydrogen) atoms. The van der Waals surface area contributed by atoms with Gasteiger partial charge in [0.15, 0.2) is 0 Å². The number of unbranched alkanes of at least 4 members (excludes halogenated alkanes) is 1. The third kappa shape index (κ3) is 14.8. The Morgan fingerprint density at radius 3 is 2.28 bits per heavy atom. The van der Waals surface area contributed by atoms with E-state index in [1.54, 1.807) is 6.20 Å². The number of anilines is 2. The molecule has 1 atom stereocenters. The van der Waals surface area contributed by atoms with Gasteiger partial charge in [0, 0.05) is 43.5 Å². The summed E-state index contributed by atoms with van der Waals surface area (Å²) in [4.78, 5) is 23.9. The predicted molar refractivity (Wildman–Crippen MR) is 195 cm³/mol. The summed E-state index contributed by atoms with van der Waals surface area (Å²) in [5, 5.41) is 18.6. The molecular weight excluding hydrogens is 640 g/mol. The number of carboxylic acid groups (broad SMARTS) is 1. The van der Waals surface area contributed by atoms with E-state index in [4.69, 9.17) is 34.4 Å². The number of benzene rings is 1. The highest BCUT2D eigenvalue weighted by Gasteiger charge is 2.20. The van der Waals surface area contributed by atoms with Crippen LogP contribution in [0.1, 0.15) is 36.9 Å². The first-order valence-corrected chi connectivity index (χ1v) is 18.0. The number of aromatic nitrogens is 2. The predicted octanol–water partition coefficient (Wildman–Crippen LogP) is 3.61. The van der Waals surface area contributed by atoms with Gasteiger partial charge in [0.25, 0.3) is 0 Å². The van der Waals surface area contributed by atoms with Crippen molar-refractivity contribution in [3.63, 3.8) is 0 Å². The largest absolute Gasteiger partial charge is 0.480 e. The molecule has 0 bridgehead atoms. The highest BCUT2D eigenvalue weighted by Crippen LogP contribution is 2.22. The van der Waals surface area contributed by atoms with Crippen molar-refractivity contribution in [2.75, 3.05) is 109 Å². The van der Waals surface area contributed by atoms with Crippen LogP contribution >= 0.6 is 0 Å². The molecule has 0 spiro atoms. The molecule has 1 aliphatic heterocycles. The van der Waals surface area contributed by atoms with Crippen LogP contribution in [0.25, 0.3) is 10.8 Å². The molecule has 0 fully saturated rings. The Kier molecular flexibility index (Phi) is 18.8. The molecule has 13 heteroatoms. The van der Waals surface area contributed by atoms with E-state index in [1.165, 1.54) is 5.56 Å². The molecule has 0 amide bonds. The lowest BCUT2D eigenvalue weighted by atomic mass is 10.1. The number of aliphatic carboxylic acids is 1. The van der Waals surface area contributed by atoms with Crippen LogP contribution in [0.5, 0.6) is 0 Å². The summed E-state index contributed by atoms with van der Waals surface area (Å²) in [6.07, 6.45) is 7.23. The van der Waals surface area contributed by atoms with Gasteiger partial charge in [0.05, 0.1) is 66.1 Å². The van der Waals surface area contributed by atoms with Crippen LogP contribution in [0, 0.1) is 0 Å². The van der Waals surface area contributed by atoms with Crippen molar-refractivity contribution in [2.45, 2.75) is 44.6 Å². The van der Waals surface area contributed by atoms with Gasteiger partial charge in [0.1, 0.15) is 17.7 Å². The van der Waals surface area contributed by atoms with Gasteiger partial charge < -0.3 is 50.1 Å². The van der Waals surface area contributed by atoms with E-state index in [1.807, 2.05) is 30.3 Å². The van der Waals surface area contributed by atoms with E-state index < -0.39 is 12.0 Å². The standard InChI is InChI=1S/C37H56N6O7/c38-14-20-46-22-24-48-26-28-50-29-27-49-25-23-47-21-19-43(17-4-3-8-32-11-10-31-7-5-15-39-35(31)41-32)18-13-34(37(44)45)42-36-33-9-2-1-6-30(33)12-16-40-36/h1-2,6,9-12,16,34H,3-5,7-8,13-15,17-29,38H2,(H,39,41)(H,40,42)(H,44,45). The summed E-state index contributed by atoms with van der Waals surface area (Å²) in [6.45, 7) is 8.71. The Hall–Kier alpha value is -3.43. The number of aryl methyl sites for hydroxylation is 2. The Balaban J connectivity index is 1.16. The van der Waals surface area contributed by atoms with Gasteiger partial charge >= 0.3 is 5.97 Å². The maximum atomic E-state index is 12.3. The zero-order valence-electron chi connectivity index (χ0n) is 29.4. The molecule has 0 saturated heterocycles. The number of pyridine rings is 2. The third-order valence-corrected chi connectivity index (χ3v) is 8.43. The van der Waals surface area contributed by atoms with E-state index in [2.05, 4.69) is 32.7 Å². The number of nitrogens with one attached hydrogen (secondary N) is 2. The minimum Gasteiger partial charge on any atom is -0.480 e. The van der Waals surface area contributed by atoms with Crippen LogP contribution in [0.3, 0.4) is 0 Å². The number of hydrogen-bond acceptors (Lipinski definition) is 12. The monoisotopic (exact) mass is 696 g/mol. The molecule has 13 nitrogen and oxygen atoms in total. The summed E-state index contributed by atoms with van der Waals surface area (Å²) >= 11 is 0. The van der Waals surface area contributed by atoms with Crippen LogP contribution < -0.4 is 16.4 Å². The van der Waals surface area contributed by atoms with Crippen LogP contribution in [0.2, 0.25) is 0 Å². The second-order valence-corrected chi connectivity index (χ2v) is 12.2. The zero-order chi connectivity index (χ0) is 35.1. The zero-order valence-corrected chi connectivity index (χ0v) is 29.4. The first-order chi connectivity index (χ1) is 24.6. The molecule has 5 N–H and O–H groups in total. The van der Waals surface area contributed by atoms with Crippen molar-refractivity contribution in [3.05, 3.63) is 59.9 Å². The maximum absolute atomic E-state index is 12.3. The summed E-state index contributed by atoms with van der Waals surface area (Å²) in [7, 11) is 0. The number of ether oxygens (including phenoxy) is 5. The number of carbonyl (C=O) groups is 1. The fourth-order valence-electron chi connectivity index (χ4n) is 5.71. The molecule has 4 rings (SSSR count). The lowest BCUT2D eigenvalue weighted by Gasteiger charge is -2.25. The number of hydrogen-bond donors (Lipinski definition) is 4. The fourth-order valence-corrected chi connectivity index (χ4v) is 5.71. The van der Waals surface area contributed by atoms with Crippen LogP contribution in [0.15, 0.2) is 48.7 Å². The second-order valence-electron chi connectivity index (χ2n) is 12.2. The molecule has 0 aliphatic carbocycles. The van der Waals surface area contributed by atoms with E-state index in [-0.39, 0.29) is 0 Å². The summed E-state index contributed by atoms with van der Waals surface area (Å²) < 4.78 is 27.7. The molecule has 1 aromatic carbocycles. The van der Waals surface area contributed by atoms with Crippen molar-refractivity contribution in [1.82, 2.24) is 14.9 Å². The highest BCUT2D eigenvalue weighted by atomic mass is 16.6. The van der Waals surface area contributed by atoms with Crippen molar-refractivity contribution < 1.29 is 33.6 Å².